The Kier molecular flexibility index (Phi) is 5.22. The first-order chi connectivity index (χ1) is 12.8. The molecule has 0 aliphatic carbocycles. The quantitative estimate of drug-likeness (QED) is 0.628. The van der Waals surface area contributed by atoms with Crippen LogP contribution in [0.1, 0.15) is 40.6 Å². The number of nitrogens with one attached hydrogen (secondary N) is 1. The van der Waals surface area contributed by atoms with Crippen molar-refractivity contribution in [3.63, 3.8) is 0 Å². The molecule has 0 aromatic carbocycles. The van der Waals surface area contributed by atoms with Gasteiger partial charge in [0.1, 0.15) is 17.1 Å². The predicted octanol–water partition coefficient (Wildman–Crippen LogP) is 4.04. The van der Waals surface area contributed by atoms with E-state index in [1.807, 2.05) is 0 Å². The number of amides is 1. The van der Waals surface area contributed by atoms with Crippen LogP contribution in [0.3, 0.4) is 0 Å². The number of carbonyl (C=O) groups excluding carboxylic acids is 1. The number of hydrogen-bond acceptors (Lipinski definition) is 4. The van der Waals surface area contributed by atoms with Crippen molar-refractivity contribution < 1.29 is 26.8 Å². The van der Waals surface area contributed by atoms with Crippen LogP contribution in [0.5, 0.6) is 0 Å². The molecule has 3 aromatic heterocycles. The Morgan fingerprint density at radius 3 is 2.56 bits per heavy atom. The SMILES string of the molecule is Cn1ccc(NC(=O)c2ccc(Cn3nc(C(F)F)c(Cl)c3C(F)F)o2)n1. The molecule has 144 valence electrons. The van der Waals surface area contributed by atoms with E-state index in [0.717, 1.165) is 0 Å². The first-order valence-corrected chi connectivity index (χ1v) is 7.86. The fraction of sp³-hybridized carbons (Fsp3) is 0.267. The van der Waals surface area contributed by atoms with Gasteiger partial charge in [0.25, 0.3) is 18.8 Å². The summed E-state index contributed by atoms with van der Waals surface area (Å²) >= 11 is 5.59. The molecule has 3 aromatic rings. The van der Waals surface area contributed by atoms with Gasteiger partial charge >= 0.3 is 0 Å². The maximum Gasteiger partial charge on any atom is 0.292 e. The van der Waals surface area contributed by atoms with Crippen molar-refractivity contribution in [3.8, 4) is 0 Å². The molecule has 0 aliphatic rings. The molecule has 0 unspecified atom stereocenters. The first kappa shape index (κ1) is 19.0. The van der Waals surface area contributed by atoms with Crippen LogP contribution in [-0.2, 0) is 13.6 Å². The second-order valence-corrected chi connectivity index (χ2v) is 5.82. The molecule has 3 rings (SSSR count). The minimum atomic E-state index is -3.11. The minimum absolute atomic E-state index is 0.0584. The molecule has 0 fully saturated rings. The average molecular weight is 406 g/mol. The zero-order valence-corrected chi connectivity index (χ0v) is 14.4. The lowest BCUT2D eigenvalue weighted by molar-refractivity contribution is 0.0993. The second-order valence-electron chi connectivity index (χ2n) is 5.44. The van der Waals surface area contributed by atoms with Gasteiger partial charge in [-0.1, -0.05) is 11.6 Å². The van der Waals surface area contributed by atoms with Crippen molar-refractivity contribution in [3.05, 3.63) is 52.3 Å². The van der Waals surface area contributed by atoms with E-state index in [2.05, 4.69) is 15.5 Å². The van der Waals surface area contributed by atoms with Crippen molar-refractivity contribution in [2.75, 3.05) is 5.32 Å². The molecule has 0 saturated heterocycles. The highest BCUT2D eigenvalue weighted by Crippen LogP contribution is 2.35. The third kappa shape index (κ3) is 3.97. The molecule has 0 bridgehead atoms. The lowest BCUT2D eigenvalue weighted by atomic mass is 10.3. The maximum atomic E-state index is 13.2. The topological polar surface area (TPSA) is 77.9 Å². The maximum absolute atomic E-state index is 13.2. The standard InChI is InChI=1S/C15H12ClF4N5O2/c1-24-5-4-9(22-24)21-15(26)8-3-2-7(27-8)6-25-12(14(19)20)10(16)11(23-25)13(17)18/h2-5,13-14H,6H2,1H3,(H,21,22,26). The van der Waals surface area contributed by atoms with Gasteiger partial charge in [-0.05, 0) is 12.1 Å². The van der Waals surface area contributed by atoms with Crippen LogP contribution in [0.15, 0.2) is 28.8 Å². The Morgan fingerprint density at radius 2 is 1.96 bits per heavy atom. The van der Waals surface area contributed by atoms with Gasteiger partial charge in [0.2, 0.25) is 0 Å². The van der Waals surface area contributed by atoms with Gasteiger partial charge in [0, 0.05) is 19.3 Å². The molecule has 0 saturated carbocycles. The molecule has 7 nitrogen and oxygen atoms in total. The number of nitrogens with zero attached hydrogens (tertiary/aromatic N) is 4. The van der Waals surface area contributed by atoms with Crippen LogP contribution in [-0.4, -0.2) is 25.5 Å². The fourth-order valence-corrected chi connectivity index (χ4v) is 2.63. The molecule has 3 heterocycles. The molecule has 0 atom stereocenters. The lowest BCUT2D eigenvalue weighted by Crippen LogP contribution is -2.11. The number of halogens is 5. The van der Waals surface area contributed by atoms with E-state index >= 15 is 0 Å². The predicted molar refractivity (Wildman–Crippen MR) is 86.1 cm³/mol. The summed E-state index contributed by atoms with van der Waals surface area (Å²) in [4.78, 5) is 12.1. The van der Waals surface area contributed by atoms with Gasteiger partial charge in [0.05, 0.1) is 11.6 Å². The number of alkyl halides is 4. The molecule has 0 radical (unpaired) electrons. The summed E-state index contributed by atoms with van der Waals surface area (Å²) in [6, 6.07) is 4.23. The summed E-state index contributed by atoms with van der Waals surface area (Å²) in [5, 5.41) is 9.10. The van der Waals surface area contributed by atoms with Gasteiger partial charge in [0.15, 0.2) is 11.6 Å². The van der Waals surface area contributed by atoms with Gasteiger partial charge < -0.3 is 9.73 Å². The van der Waals surface area contributed by atoms with Crippen LogP contribution in [0.4, 0.5) is 23.4 Å². The van der Waals surface area contributed by atoms with Gasteiger partial charge in [-0.15, -0.1) is 0 Å². The molecule has 0 spiro atoms. The summed E-state index contributed by atoms with van der Waals surface area (Å²) in [5.74, 6) is -0.369. The van der Waals surface area contributed by atoms with E-state index in [1.54, 1.807) is 19.3 Å². The Balaban J connectivity index is 1.79. The van der Waals surface area contributed by atoms with Crippen molar-refractivity contribution in [1.82, 2.24) is 19.6 Å². The zero-order chi connectivity index (χ0) is 19.7. The second kappa shape index (κ2) is 7.43. The number of carbonyl (C=O) groups is 1. The lowest BCUT2D eigenvalue weighted by Gasteiger charge is -2.05. The zero-order valence-electron chi connectivity index (χ0n) is 13.7. The molecule has 12 heteroatoms. The Labute approximate surface area is 154 Å². The number of rotatable bonds is 6. The number of anilines is 1. The molecular weight excluding hydrogens is 394 g/mol. The molecule has 0 aliphatic heterocycles. The van der Waals surface area contributed by atoms with E-state index in [9.17, 15) is 22.4 Å². The summed E-state index contributed by atoms with van der Waals surface area (Å²) < 4.78 is 59.4. The third-order valence-corrected chi connectivity index (χ3v) is 3.90. The summed E-state index contributed by atoms with van der Waals surface area (Å²) in [6.07, 6.45) is -4.59. The number of aromatic nitrogens is 4. The van der Waals surface area contributed by atoms with Crippen LogP contribution in [0.25, 0.3) is 0 Å². The van der Waals surface area contributed by atoms with E-state index in [0.29, 0.717) is 10.5 Å². The van der Waals surface area contributed by atoms with Crippen molar-refractivity contribution in [2.45, 2.75) is 19.4 Å². The highest BCUT2D eigenvalue weighted by Gasteiger charge is 2.28. The Bertz CT molecular complexity index is 965. The summed E-state index contributed by atoms with van der Waals surface area (Å²) in [7, 11) is 1.67. The summed E-state index contributed by atoms with van der Waals surface area (Å²) in [5.41, 5.74) is -1.78. The highest BCUT2D eigenvalue weighted by atomic mass is 35.5. The van der Waals surface area contributed by atoms with Crippen LogP contribution in [0, 0.1) is 0 Å². The van der Waals surface area contributed by atoms with Gasteiger partial charge in [-0.3, -0.25) is 14.2 Å². The van der Waals surface area contributed by atoms with Crippen LogP contribution in [0.2, 0.25) is 5.02 Å². The van der Waals surface area contributed by atoms with Gasteiger partial charge in [-0.2, -0.15) is 10.2 Å². The van der Waals surface area contributed by atoms with E-state index < -0.39 is 41.7 Å². The summed E-state index contributed by atoms with van der Waals surface area (Å²) in [6.45, 7) is -0.400. The van der Waals surface area contributed by atoms with E-state index in [1.165, 1.54) is 16.8 Å². The van der Waals surface area contributed by atoms with Crippen molar-refractivity contribution in [1.29, 1.82) is 0 Å². The molecule has 1 amide bonds. The highest BCUT2D eigenvalue weighted by molar-refractivity contribution is 6.32. The smallest absolute Gasteiger partial charge is 0.292 e. The van der Waals surface area contributed by atoms with Gasteiger partial charge in [-0.25, -0.2) is 17.6 Å². The van der Waals surface area contributed by atoms with Crippen LogP contribution >= 0.6 is 11.6 Å². The largest absolute Gasteiger partial charge is 0.454 e. The number of furan rings is 1. The molecule has 27 heavy (non-hydrogen) atoms. The Morgan fingerprint density at radius 1 is 1.22 bits per heavy atom. The Hall–Kier alpha value is -2.82. The van der Waals surface area contributed by atoms with Crippen molar-refractivity contribution >= 4 is 23.3 Å². The van der Waals surface area contributed by atoms with Crippen LogP contribution < -0.4 is 5.32 Å². The minimum Gasteiger partial charge on any atom is -0.454 e. The number of hydrogen-bond donors (Lipinski definition) is 1. The monoisotopic (exact) mass is 405 g/mol. The third-order valence-electron chi connectivity index (χ3n) is 3.52. The average Bonchev–Trinajstić information content (AvgIpc) is 3.27. The number of aryl methyl sites for hydroxylation is 1. The molecular formula is C15H12ClF4N5O2. The van der Waals surface area contributed by atoms with E-state index in [4.69, 9.17) is 16.0 Å². The fourth-order valence-electron chi connectivity index (χ4n) is 2.33. The normalized spacial score (nSPS) is 11.6. The van der Waals surface area contributed by atoms with E-state index in [-0.39, 0.29) is 11.5 Å². The van der Waals surface area contributed by atoms with Crippen molar-refractivity contribution in [2.24, 2.45) is 7.05 Å². The first-order valence-electron chi connectivity index (χ1n) is 7.48. The molecule has 1 N–H and O–H groups in total.